The van der Waals surface area contributed by atoms with Gasteiger partial charge in [0.15, 0.2) is 11.6 Å². The molecular weight excluding hydrogens is 284 g/mol. The summed E-state index contributed by atoms with van der Waals surface area (Å²) in [5.41, 5.74) is -0.507. The first-order chi connectivity index (χ1) is 8.90. The van der Waals surface area contributed by atoms with Crippen LogP contribution in [0.1, 0.15) is 17.2 Å². The van der Waals surface area contributed by atoms with Crippen molar-refractivity contribution in [2.75, 3.05) is 0 Å². The van der Waals surface area contributed by atoms with Gasteiger partial charge in [0.25, 0.3) is 0 Å². The van der Waals surface area contributed by atoms with Gasteiger partial charge in [-0.3, -0.25) is 0 Å². The van der Waals surface area contributed by atoms with Gasteiger partial charge in [-0.15, -0.1) is 0 Å². The molecule has 0 heterocycles. The van der Waals surface area contributed by atoms with Gasteiger partial charge in [-0.2, -0.15) is 0 Å². The van der Waals surface area contributed by atoms with E-state index in [4.69, 9.17) is 11.6 Å². The van der Waals surface area contributed by atoms with Gasteiger partial charge in [0, 0.05) is 11.6 Å². The molecule has 6 heteroatoms. The van der Waals surface area contributed by atoms with Crippen LogP contribution in [0.3, 0.4) is 0 Å². The quantitative estimate of drug-likeness (QED) is 0.655. The molecule has 0 fully saturated rings. The van der Waals surface area contributed by atoms with Crippen LogP contribution >= 0.6 is 11.6 Å². The lowest BCUT2D eigenvalue weighted by Crippen LogP contribution is -2.05. The predicted octanol–water partition coefficient (Wildman–Crippen LogP) is 3.98. The van der Waals surface area contributed by atoms with Gasteiger partial charge in [-0.1, -0.05) is 17.7 Å². The second kappa shape index (κ2) is 5.19. The van der Waals surface area contributed by atoms with Gasteiger partial charge in [-0.05, 0) is 23.8 Å². The van der Waals surface area contributed by atoms with Crippen molar-refractivity contribution in [2.24, 2.45) is 0 Å². The van der Waals surface area contributed by atoms with Crippen LogP contribution < -0.4 is 0 Å². The van der Waals surface area contributed by atoms with Crippen LogP contribution in [0.25, 0.3) is 0 Å². The number of aliphatic hydroxyl groups is 1. The van der Waals surface area contributed by atoms with Crippen LogP contribution in [0, 0.1) is 23.3 Å². The van der Waals surface area contributed by atoms with E-state index in [2.05, 4.69) is 0 Å². The SMILES string of the molecule is OC(c1ccc(Cl)c(F)c1)c1cc(F)c(F)cc1F. The Morgan fingerprint density at radius 3 is 2.11 bits per heavy atom. The summed E-state index contributed by atoms with van der Waals surface area (Å²) in [5, 5.41) is 9.70. The maximum Gasteiger partial charge on any atom is 0.161 e. The molecule has 1 nitrogen and oxygen atoms in total. The van der Waals surface area contributed by atoms with Crippen molar-refractivity contribution in [2.45, 2.75) is 6.10 Å². The molecule has 19 heavy (non-hydrogen) atoms. The van der Waals surface area contributed by atoms with E-state index < -0.39 is 34.9 Å². The van der Waals surface area contributed by atoms with E-state index in [0.717, 1.165) is 6.07 Å². The third kappa shape index (κ3) is 2.72. The number of benzene rings is 2. The van der Waals surface area contributed by atoms with E-state index in [9.17, 15) is 22.7 Å². The minimum absolute atomic E-state index is 0.0215. The Labute approximate surface area is 111 Å². The molecular formula is C13H7ClF4O. The Balaban J connectivity index is 2.46. The minimum atomic E-state index is -1.62. The summed E-state index contributed by atoms with van der Waals surface area (Å²) in [6, 6.07) is 4.18. The average Bonchev–Trinajstić information content (AvgIpc) is 2.36. The Morgan fingerprint density at radius 1 is 0.842 bits per heavy atom. The minimum Gasteiger partial charge on any atom is -0.384 e. The monoisotopic (exact) mass is 290 g/mol. The van der Waals surface area contributed by atoms with Crippen molar-refractivity contribution < 1.29 is 22.7 Å². The fourth-order valence-corrected chi connectivity index (χ4v) is 1.73. The first-order valence-corrected chi connectivity index (χ1v) is 5.55. The second-order valence-corrected chi connectivity index (χ2v) is 4.27. The van der Waals surface area contributed by atoms with Crippen molar-refractivity contribution in [3.63, 3.8) is 0 Å². The number of hydrogen-bond donors (Lipinski definition) is 1. The molecule has 2 aromatic rings. The molecule has 1 atom stereocenters. The summed E-state index contributed by atoms with van der Waals surface area (Å²) in [5.74, 6) is -4.59. The first-order valence-electron chi connectivity index (χ1n) is 5.17. The number of rotatable bonds is 2. The number of hydrogen-bond acceptors (Lipinski definition) is 1. The molecule has 0 aliphatic carbocycles. The Kier molecular flexibility index (Phi) is 3.78. The standard InChI is InChI=1S/C13H7ClF4O/c14-8-2-1-6(3-10(8)16)13(19)7-4-11(17)12(18)5-9(7)15/h1-5,13,19H. The van der Waals surface area contributed by atoms with Crippen molar-refractivity contribution in [1.29, 1.82) is 0 Å². The molecule has 0 bridgehead atoms. The lowest BCUT2D eigenvalue weighted by Gasteiger charge is -2.13. The summed E-state index contributed by atoms with van der Waals surface area (Å²) < 4.78 is 52.5. The zero-order valence-corrected chi connectivity index (χ0v) is 10.1. The maximum atomic E-state index is 13.5. The normalized spacial score (nSPS) is 12.5. The summed E-state index contributed by atoms with van der Waals surface area (Å²) in [7, 11) is 0. The van der Waals surface area contributed by atoms with Crippen LogP contribution in [-0.4, -0.2) is 5.11 Å². The molecule has 0 saturated carbocycles. The third-order valence-corrected chi connectivity index (χ3v) is 2.90. The lowest BCUT2D eigenvalue weighted by atomic mass is 10.0. The topological polar surface area (TPSA) is 20.2 Å². The van der Waals surface area contributed by atoms with E-state index in [1.807, 2.05) is 0 Å². The van der Waals surface area contributed by atoms with Gasteiger partial charge >= 0.3 is 0 Å². The second-order valence-electron chi connectivity index (χ2n) is 3.86. The van der Waals surface area contributed by atoms with Crippen LogP contribution in [0.2, 0.25) is 5.02 Å². The van der Waals surface area contributed by atoms with Crippen LogP contribution in [0.15, 0.2) is 30.3 Å². The van der Waals surface area contributed by atoms with Crippen LogP contribution in [0.5, 0.6) is 0 Å². The highest BCUT2D eigenvalue weighted by Crippen LogP contribution is 2.28. The highest BCUT2D eigenvalue weighted by Gasteiger charge is 2.19. The molecule has 0 amide bonds. The van der Waals surface area contributed by atoms with E-state index in [-0.39, 0.29) is 10.6 Å². The van der Waals surface area contributed by atoms with Gasteiger partial charge < -0.3 is 5.11 Å². The maximum absolute atomic E-state index is 13.5. The molecule has 0 aliphatic heterocycles. The number of halogens is 5. The summed E-state index contributed by atoms with van der Waals surface area (Å²) in [4.78, 5) is 0. The van der Waals surface area contributed by atoms with E-state index >= 15 is 0 Å². The third-order valence-electron chi connectivity index (χ3n) is 2.59. The van der Waals surface area contributed by atoms with Crippen molar-refractivity contribution in [1.82, 2.24) is 0 Å². The summed E-state index contributed by atoms with van der Waals surface area (Å²) in [6.07, 6.45) is -1.62. The van der Waals surface area contributed by atoms with E-state index in [1.54, 1.807) is 0 Å². The molecule has 0 saturated heterocycles. The fourth-order valence-electron chi connectivity index (χ4n) is 1.61. The summed E-state index contributed by atoms with van der Waals surface area (Å²) in [6.45, 7) is 0. The molecule has 0 aromatic heterocycles. The first kappa shape index (κ1) is 13.8. The van der Waals surface area contributed by atoms with Crippen molar-refractivity contribution in [3.05, 3.63) is 69.8 Å². The van der Waals surface area contributed by atoms with Crippen molar-refractivity contribution in [3.8, 4) is 0 Å². The molecule has 1 N–H and O–H groups in total. The molecule has 2 aromatic carbocycles. The van der Waals surface area contributed by atoms with Crippen molar-refractivity contribution >= 4 is 11.6 Å². The smallest absolute Gasteiger partial charge is 0.161 e. The predicted molar refractivity (Wildman–Crippen MR) is 61.8 cm³/mol. The molecule has 2 rings (SSSR count). The zero-order valence-electron chi connectivity index (χ0n) is 9.30. The van der Waals surface area contributed by atoms with Gasteiger partial charge in [0.05, 0.1) is 5.02 Å². The largest absolute Gasteiger partial charge is 0.384 e. The fraction of sp³-hybridized carbons (Fsp3) is 0.0769. The Morgan fingerprint density at radius 2 is 1.47 bits per heavy atom. The Hall–Kier alpha value is -1.59. The lowest BCUT2D eigenvalue weighted by molar-refractivity contribution is 0.213. The zero-order chi connectivity index (χ0) is 14.2. The average molecular weight is 291 g/mol. The highest BCUT2D eigenvalue weighted by molar-refractivity contribution is 6.30. The molecule has 0 radical (unpaired) electrons. The van der Waals surface area contributed by atoms with E-state index in [1.165, 1.54) is 12.1 Å². The molecule has 1 unspecified atom stereocenters. The van der Waals surface area contributed by atoms with Crippen LogP contribution in [-0.2, 0) is 0 Å². The summed E-state index contributed by atoms with van der Waals surface area (Å²) >= 11 is 5.47. The Bertz CT molecular complexity index is 630. The number of aliphatic hydroxyl groups excluding tert-OH is 1. The molecule has 0 aliphatic rings. The van der Waals surface area contributed by atoms with Gasteiger partial charge in [0.1, 0.15) is 17.7 Å². The highest BCUT2D eigenvalue weighted by atomic mass is 35.5. The van der Waals surface area contributed by atoms with Gasteiger partial charge in [-0.25, -0.2) is 17.6 Å². The van der Waals surface area contributed by atoms with Gasteiger partial charge in [0.2, 0.25) is 0 Å². The van der Waals surface area contributed by atoms with Crippen LogP contribution in [0.4, 0.5) is 17.6 Å². The van der Waals surface area contributed by atoms with E-state index in [0.29, 0.717) is 12.1 Å². The molecule has 100 valence electrons. The molecule has 0 spiro atoms.